The van der Waals surface area contributed by atoms with Crippen molar-refractivity contribution in [3.05, 3.63) is 69.5 Å². The Bertz CT molecular complexity index is 794. The molecule has 5 heteroatoms. The van der Waals surface area contributed by atoms with Crippen molar-refractivity contribution in [3.8, 4) is 11.3 Å². The van der Waals surface area contributed by atoms with Crippen molar-refractivity contribution in [2.45, 2.75) is 6.92 Å². The van der Waals surface area contributed by atoms with E-state index in [4.69, 9.17) is 0 Å². The van der Waals surface area contributed by atoms with E-state index in [0.717, 1.165) is 26.4 Å². The number of hydrogen-bond donors (Lipinski definition) is 1. The van der Waals surface area contributed by atoms with Gasteiger partial charge < -0.3 is 0 Å². The minimum atomic E-state index is 0.780. The van der Waals surface area contributed by atoms with Crippen molar-refractivity contribution < 1.29 is 0 Å². The van der Waals surface area contributed by atoms with Crippen molar-refractivity contribution in [1.29, 1.82) is 0 Å². The molecule has 0 spiro atoms. The minimum Gasteiger partial charge on any atom is -0.253 e. The van der Waals surface area contributed by atoms with E-state index in [1.165, 1.54) is 5.56 Å². The van der Waals surface area contributed by atoms with E-state index in [1.54, 1.807) is 11.3 Å². The van der Waals surface area contributed by atoms with Crippen molar-refractivity contribution in [2.24, 2.45) is 5.10 Å². The van der Waals surface area contributed by atoms with Gasteiger partial charge in [0.25, 0.3) is 0 Å². The lowest BCUT2D eigenvalue weighted by atomic mass is 10.1. The quantitative estimate of drug-likeness (QED) is 0.497. The van der Waals surface area contributed by atoms with E-state index in [1.807, 2.05) is 54.1 Å². The third-order valence-electron chi connectivity index (χ3n) is 3.20. The Morgan fingerprint density at radius 3 is 2.68 bits per heavy atom. The van der Waals surface area contributed by atoms with Gasteiger partial charge in [-0.05, 0) is 30.2 Å². The minimum absolute atomic E-state index is 0.780. The van der Waals surface area contributed by atoms with Crippen LogP contribution in [0.2, 0.25) is 0 Å². The summed E-state index contributed by atoms with van der Waals surface area (Å²) >= 11 is 4.98. The van der Waals surface area contributed by atoms with Crippen LogP contribution in [-0.4, -0.2) is 11.2 Å². The van der Waals surface area contributed by atoms with Gasteiger partial charge in [-0.25, -0.2) is 4.98 Å². The van der Waals surface area contributed by atoms with Gasteiger partial charge in [0.05, 0.1) is 11.9 Å². The summed E-state index contributed by atoms with van der Waals surface area (Å²) in [5.74, 6) is 0. The zero-order chi connectivity index (χ0) is 15.4. The van der Waals surface area contributed by atoms with Gasteiger partial charge in [-0.2, -0.15) is 5.10 Å². The molecule has 0 amide bonds. The van der Waals surface area contributed by atoms with Gasteiger partial charge in [0, 0.05) is 15.4 Å². The predicted octanol–water partition coefficient (Wildman–Crippen LogP) is 5.33. The van der Waals surface area contributed by atoms with Crippen LogP contribution >= 0.6 is 27.3 Å². The predicted molar refractivity (Wildman–Crippen MR) is 97.6 cm³/mol. The second-order valence-electron chi connectivity index (χ2n) is 4.77. The molecule has 0 aliphatic heterocycles. The summed E-state index contributed by atoms with van der Waals surface area (Å²) < 4.78 is 1.06. The molecule has 0 aliphatic carbocycles. The average Bonchev–Trinajstić information content (AvgIpc) is 2.99. The molecule has 110 valence electrons. The highest BCUT2D eigenvalue weighted by molar-refractivity contribution is 9.10. The molecule has 3 nitrogen and oxygen atoms in total. The van der Waals surface area contributed by atoms with Crippen molar-refractivity contribution in [3.63, 3.8) is 0 Å². The molecule has 0 saturated carbocycles. The summed E-state index contributed by atoms with van der Waals surface area (Å²) in [5, 5.41) is 7.06. The molecule has 0 bridgehead atoms. The SMILES string of the molecule is Cc1ccccc1/C=N/Nc1nc(-c2ccc(Br)cc2)cs1. The molecule has 1 aromatic heterocycles. The van der Waals surface area contributed by atoms with Gasteiger partial charge in [0.15, 0.2) is 0 Å². The third-order valence-corrected chi connectivity index (χ3v) is 4.47. The topological polar surface area (TPSA) is 37.3 Å². The lowest BCUT2D eigenvalue weighted by Gasteiger charge is -1.98. The van der Waals surface area contributed by atoms with Gasteiger partial charge in [-0.3, -0.25) is 5.43 Å². The summed E-state index contributed by atoms with van der Waals surface area (Å²) in [4.78, 5) is 4.54. The number of hydrogen-bond acceptors (Lipinski definition) is 4. The molecular formula is C17H14BrN3S. The highest BCUT2D eigenvalue weighted by Crippen LogP contribution is 2.26. The number of rotatable bonds is 4. The summed E-state index contributed by atoms with van der Waals surface area (Å²) in [6, 6.07) is 16.2. The van der Waals surface area contributed by atoms with E-state index in [9.17, 15) is 0 Å². The van der Waals surface area contributed by atoms with Crippen LogP contribution in [0.3, 0.4) is 0 Å². The second-order valence-corrected chi connectivity index (χ2v) is 6.55. The summed E-state index contributed by atoms with van der Waals surface area (Å²) in [5.41, 5.74) is 7.33. The van der Waals surface area contributed by atoms with E-state index in [0.29, 0.717) is 0 Å². The maximum atomic E-state index is 4.54. The summed E-state index contributed by atoms with van der Waals surface area (Å²) in [6.45, 7) is 2.07. The number of anilines is 1. The number of thiazole rings is 1. The van der Waals surface area contributed by atoms with Gasteiger partial charge >= 0.3 is 0 Å². The van der Waals surface area contributed by atoms with Crippen LogP contribution in [0.15, 0.2) is 63.5 Å². The molecule has 3 rings (SSSR count). The van der Waals surface area contributed by atoms with Crippen LogP contribution in [0.5, 0.6) is 0 Å². The Balaban J connectivity index is 1.70. The standard InChI is InChI=1S/C17H14BrN3S/c1-12-4-2-3-5-14(12)10-19-21-17-20-16(11-22-17)13-6-8-15(18)9-7-13/h2-11H,1H3,(H,20,21)/b19-10+. The van der Waals surface area contributed by atoms with Crippen molar-refractivity contribution >= 4 is 38.6 Å². The van der Waals surface area contributed by atoms with Crippen LogP contribution < -0.4 is 5.43 Å². The van der Waals surface area contributed by atoms with Crippen molar-refractivity contribution in [2.75, 3.05) is 5.43 Å². The molecule has 0 fully saturated rings. The van der Waals surface area contributed by atoms with Gasteiger partial charge in [-0.1, -0.05) is 52.3 Å². The second kappa shape index (κ2) is 6.85. The number of benzene rings is 2. The smallest absolute Gasteiger partial charge is 0.203 e. The molecule has 0 atom stereocenters. The Kier molecular flexibility index (Phi) is 4.65. The summed E-state index contributed by atoms with van der Waals surface area (Å²) in [7, 11) is 0. The molecule has 1 heterocycles. The molecule has 2 aromatic carbocycles. The number of hydrazone groups is 1. The number of aromatic nitrogens is 1. The van der Waals surface area contributed by atoms with Crippen LogP contribution in [0.4, 0.5) is 5.13 Å². The Labute approximate surface area is 141 Å². The van der Waals surface area contributed by atoms with Gasteiger partial charge in [-0.15, -0.1) is 11.3 Å². The lowest BCUT2D eigenvalue weighted by molar-refractivity contribution is 1.28. The van der Waals surface area contributed by atoms with E-state index >= 15 is 0 Å². The molecular weight excluding hydrogens is 358 g/mol. The first kappa shape index (κ1) is 14.9. The van der Waals surface area contributed by atoms with Crippen molar-refractivity contribution in [1.82, 2.24) is 4.98 Å². The van der Waals surface area contributed by atoms with Crippen LogP contribution in [-0.2, 0) is 0 Å². The van der Waals surface area contributed by atoms with Crippen LogP contribution in [0, 0.1) is 6.92 Å². The lowest BCUT2D eigenvalue weighted by Crippen LogP contribution is -1.92. The molecule has 0 saturated heterocycles. The maximum Gasteiger partial charge on any atom is 0.203 e. The first-order valence-corrected chi connectivity index (χ1v) is 8.46. The number of halogens is 1. The van der Waals surface area contributed by atoms with Crippen LogP contribution in [0.25, 0.3) is 11.3 Å². The summed E-state index contributed by atoms with van der Waals surface area (Å²) in [6.07, 6.45) is 1.82. The normalized spacial score (nSPS) is 11.0. The van der Waals surface area contributed by atoms with E-state index in [-0.39, 0.29) is 0 Å². The zero-order valence-corrected chi connectivity index (χ0v) is 14.4. The van der Waals surface area contributed by atoms with E-state index < -0.39 is 0 Å². The molecule has 0 aliphatic rings. The van der Waals surface area contributed by atoms with E-state index in [2.05, 4.69) is 44.4 Å². The number of nitrogens with zero attached hydrogens (tertiary/aromatic N) is 2. The highest BCUT2D eigenvalue weighted by atomic mass is 79.9. The molecule has 3 aromatic rings. The zero-order valence-electron chi connectivity index (χ0n) is 12.0. The first-order valence-electron chi connectivity index (χ1n) is 6.78. The average molecular weight is 372 g/mol. The number of aryl methyl sites for hydroxylation is 1. The van der Waals surface area contributed by atoms with Crippen LogP contribution in [0.1, 0.15) is 11.1 Å². The van der Waals surface area contributed by atoms with Gasteiger partial charge in [0.1, 0.15) is 0 Å². The molecule has 1 N–H and O–H groups in total. The monoisotopic (exact) mass is 371 g/mol. The largest absolute Gasteiger partial charge is 0.253 e. The molecule has 0 unspecified atom stereocenters. The fraction of sp³-hybridized carbons (Fsp3) is 0.0588. The Hall–Kier alpha value is -1.98. The Morgan fingerprint density at radius 2 is 1.91 bits per heavy atom. The fourth-order valence-corrected chi connectivity index (χ4v) is 2.90. The third kappa shape index (κ3) is 3.61. The maximum absolute atomic E-state index is 4.54. The number of nitrogens with one attached hydrogen (secondary N) is 1. The fourth-order valence-electron chi connectivity index (χ4n) is 1.97. The molecule has 0 radical (unpaired) electrons. The van der Waals surface area contributed by atoms with Gasteiger partial charge in [0.2, 0.25) is 5.13 Å². The first-order chi connectivity index (χ1) is 10.7. The molecule has 22 heavy (non-hydrogen) atoms. The highest BCUT2D eigenvalue weighted by Gasteiger charge is 2.03. The Morgan fingerprint density at radius 1 is 1.14 bits per heavy atom.